The number of hydrogen-bond donors (Lipinski definition) is 1. The summed E-state index contributed by atoms with van der Waals surface area (Å²) in [6.45, 7) is -0.813. The van der Waals surface area contributed by atoms with Crippen molar-refractivity contribution in [1.29, 1.82) is 0 Å². The molecule has 0 atom stereocenters. The molecule has 0 bridgehead atoms. The number of nitrogens with two attached hydrogens (primary N) is 1. The summed E-state index contributed by atoms with van der Waals surface area (Å²) in [5.41, 5.74) is 4.34. The van der Waals surface area contributed by atoms with Gasteiger partial charge in [-0.25, -0.2) is 0 Å². The van der Waals surface area contributed by atoms with Gasteiger partial charge in [0.1, 0.15) is 0 Å². The molecule has 1 rings (SSSR count). The van der Waals surface area contributed by atoms with Crippen molar-refractivity contribution in [2.24, 2.45) is 0 Å². The Labute approximate surface area is 78.5 Å². The summed E-state index contributed by atoms with van der Waals surface area (Å²) >= 11 is 0. The third-order valence-electron chi connectivity index (χ3n) is 1.80. The zero-order valence-electron chi connectivity index (χ0n) is 7.24. The number of halogens is 4. The van der Waals surface area contributed by atoms with Gasteiger partial charge in [-0.15, -0.1) is 0 Å². The molecule has 0 unspecified atom stereocenters. The van der Waals surface area contributed by atoms with E-state index in [4.69, 9.17) is 5.73 Å². The normalized spacial score (nSPS) is 11.7. The van der Waals surface area contributed by atoms with Crippen LogP contribution in [0.3, 0.4) is 0 Å². The molecular weight excluding hydrogens is 198 g/mol. The number of alkyl halides is 4. The van der Waals surface area contributed by atoms with E-state index in [0.717, 1.165) is 6.07 Å². The van der Waals surface area contributed by atoms with E-state index in [9.17, 15) is 17.6 Å². The quantitative estimate of drug-likeness (QED) is 0.585. The molecule has 14 heavy (non-hydrogen) atoms. The number of benzene rings is 1. The van der Waals surface area contributed by atoms with Gasteiger partial charge in [0.15, 0.2) is 0 Å². The van der Waals surface area contributed by atoms with E-state index in [1.54, 1.807) is 0 Å². The second kappa shape index (κ2) is 3.86. The van der Waals surface area contributed by atoms with Crippen LogP contribution in [0.25, 0.3) is 0 Å². The van der Waals surface area contributed by atoms with E-state index in [-0.39, 0.29) is 17.7 Å². The monoisotopic (exact) mass is 207 g/mol. The highest BCUT2D eigenvalue weighted by Crippen LogP contribution is 2.33. The predicted molar refractivity (Wildman–Crippen MR) is 45.5 cm³/mol. The maximum atomic E-state index is 12.4. The van der Waals surface area contributed by atoms with E-state index in [1.807, 2.05) is 0 Å². The average Bonchev–Trinajstić information content (AvgIpc) is 2.07. The molecule has 2 N–H and O–H groups in total. The Balaban J connectivity index is 3.16. The molecule has 0 fully saturated rings. The minimum absolute atomic E-state index is 0.0277. The van der Waals surface area contributed by atoms with Gasteiger partial charge in [0, 0.05) is 12.1 Å². The molecule has 1 aromatic rings. The van der Waals surface area contributed by atoms with Crippen LogP contribution in [0, 0.1) is 0 Å². The van der Waals surface area contributed by atoms with Crippen molar-refractivity contribution < 1.29 is 17.6 Å². The van der Waals surface area contributed by atoms with Gasteiger partial charge in [-0.3, -0.25) is 4.39 Å². The van der Waals surface area contributed by atoms with Gasteiger partial charge in [-0.1, -0.05) is 6.07 Å². The van der Waals surface area contributed by atoms with Gasteiger partial charge in [-0.05, 0) is 17.7 Å². The van der Waals surface area contributed by atoms with Crippen molar-refractivity contribution in [3.63, 3.8) is 0 Å². The molecule has 1 nitrogen and oxygen atoms in total. The van der Waals surface area contributed by atoms with Crippen LogP contribution in [0.2, 0.25) is 0 Å². The summed E-state index contributed by atoms with van der Waals surface area (Å²) < 4.78 is 49.1. The minimum Gasteiger partial charge on any atom is -0.399 e. The maximum absolute atomic E-state index is 12.4. The number of nitrogen functional groups attached to an aromatic ring is 1. The summed E-state index contributed by atoms with van der Waals surface area (Å²) in [4.78, 5) is 0. The van der Waals surface area contributed by atoms with Gasteiger partial charge in [0.2, 0.25) is 0 Å². The van der Waals surface area contributed by atoms with E-state index in [2.05, 4.69) is 0 Å². The standard InChI is InChI=1S/C9H9F4N/c10-4-3-6-1-2-7(14)5-8(6)9(11,12)13/h1-2,5H,3-4,14H2. The molecule has 0 amide bonds. The topological polar surface area (TPSA) is 26.0 Å². The number of hydrogen-bond acceptors (Lipinski definition) is 1. The molecule has 0 aromatic heterocycles. The first kappa shape index (κ1) is 10.8. The van der Waals surface area contributed by atoms with Crippen LogP contribution < -0.4 is 5.73 Å². The highest BCUT2D eigenvalue weighted by Gasteiger charge is 2.33. The lowest BCUT2D eigenvalue weighted by Gasteiger charge is -2.12. The van der Waals surface area contributed by atoms with Gasteiger partial charge in [0.05, 0.1) is 12.2 Å². The van der Waals surface area contributed by atoms with Gasteiger partial charge in [0.25, 0.3) is 0 Å². The number of aryl methyl sites for hydroxylation is 1. The fraction of sp³-hybridized carbons (Fsp3) is 0.333. The summed E-state index contributed by atoms with van der Waals surface area (Å²) in [6, 6.07) is 3.36. The molecule has 1 aromatic carbocycles. The first-order chi connectivity index (χ1) is 6.45. The first-order valence-corrected chi connectivity index (χ1v) is 3.96. The van der Waals surface area contributed by atoms with Gasteiger partial charge in [-0.2, -0.15) is 13.2 Å². The summed E-state index contributed by atoms with van der Waals surface area (Å²) in [5.74, 6) is 0. The summed E-state index contributed by atoms with van der Waals surface area (Å²) in [7, 11) is 0. The van der Waals surface area contributed by atoms with Crippen molar-refractivity contribution in [3.05, 3.63) is 29.3 Å². The third-order valence-corrected chi connectivity index (χ3v) is 1.80. The van der Waals surface area contributed by atoms with Crippen molar-refractivity contribution in [2.45, 2.75) is 12.6 Å². The van der Waals surface area contributed by atoms with Crippen LogP contribution in [-0.4, -0.2) is 6.67 Å². The highest BCUT2D eigenvalue weighted by molar-refractivity contribution is 5.46. The highest BCUT2D eigenvalue weighted by atomic mass is 19.4. The zero-order valence-corrected chi connectivity index (χ0v) is 7.24. The summed E-state index contributed by atoms with van der Waals surface area (Å²) in [6.07, 6.45) is -4.71. The van der Waals surface area contributed by atoms with Gasteiger partial charge >= 0.3 is 6.18 Å². The Kier molecular flexibility index (Phi) is 2.98. The summed E-state index contributed by atoms with van der Waals surface area (Å²) in [5, 5.41) is 0. The van der Waals surface area contributed by atoms with Crippen molar-refractivity contribution in [1.82, 2.24) is 0 Å². The molecule has 78 valence electrons. The van der Waals surface area contributed by atoms with Crippen LogP contribution in [-0.2, 0) is 12.6 Å². The second-order valence-electron chi connectivity index (χ2n) is 2.85. The lowest BCUT2D eigenvalue weighted by molar-refractivity contribution is -0.138. The first-order valence-electron chi connectivity index (χ1n) is 3.96. The van der Waals surface area contributed by atoms with Crippen LogP contribution in [0.5, 0.6) is 0 Å². The van der Waals surface area contributed by atoms with E-state index in [0.29, 0.717) is 0 Å². The molecule has 0 aliphatic rings. The van der Waals surface area contributed by atoms with Crippen LogP contribution >= 0.6 is 0 Å². The molecule has 0 saturated heterocycles. The molecule has 0 spiro atoms. The van der Waals surface area contributed by atoms with Crippen LogP contribution in [0.1, 0.15) is 11.1 Å². The number of anilines is 1. The molecule has 0 aliphatic carbocycles. The van der Waals surface area contributed by atoms with E-state index < -0.39 is 18.4 Å². The van der Waals surface area contributed by atoms with Gasteiger partial charge < -0.3 is 5.73 Å². The molecular formula is C9H9F4N. The second-order valence-corrected chi connectivity index (χ2v) is 2.85. The fourth-order valence-corrected chi connectivity index (χ4v) is 1.18. The predicted octanol–water partition coefficient (Wildman–Crippen LogP) is 2.80. The smallest absolute Gasteiger partial charge is 0.399 e. The Bertz CT molecular complexity index is 319. The zero-order chi connectivity index (χ0) is 10.8. The van der Waals surface area contributed by atoms with Crippen molar-refractivity contribution >= 4 is 5.69 Å². The number of rotatable bonds is 2. The molecule has 5 heteroatoms. The van der Waals surface area contributed by atoms with Crippen molar-refractivity contribution in [2.75, 3.05) is 12.4 Å². The molecule has 0 heterocycles. The molecule has 0 aliphatic heterocycles. The Morgan fingerprint density at radius 2 is 1.86 bits per heavy atom. The molecule has 0 radical (unpaired) electrons. The van der Waals surface area contributed by atoms with E-state index in [1.165, 1.54) is 12.1 Å². The SMILES string of the molecule is Nc1ccc(CCF)c(C(F)(F)F)c1. The van der Waals surface area contributed by atoms with Crippen LogP contribution in [0.15, 0.2) is 18.2 Å². The lowest BCUT2D eigenvalue weighted by atomic mass is 10.0. The third kappa shape index (κ3) is 2.37. The van der Waals surface area contributed by atoms with Crippen LogP contribution in [0.4, 0.5) is 23.2 Å². The lowest BCUT2D eigenvalue weighted by Crippen LogP contribution is -2.10. The molecule has 0 saturated carbocycles. The van der Waals surface area contributed by atoms with Crippen molar-refractivity contribution in [3.8, 4) is 0 Å². The average molecular weight is 207 g/mol. The largest absolute Gasteiger partial charge is 0.416 e. The van der Waals surface area contributed by atoms with E-state index >= 15 is 0 Å². The fourth-order valence-electron chi connectivity index (χ4n) is 1.18. The Morgan fingerprint density at radius 3 is 2.36 bits per heavy atom. The Hall–Kier alpha value is -1.26. The minimum atomic E-state index is -4.47. The maximum Gasteiger partial charge on any atom is 0.416 e. The Morgan fingerprint density at radius 1 is 1.21 bits per heavy atom.